The van der Waals surface area contributed by atoms with Crippen LogP contribution in [0.4, 0.5) is 0 Å². The predicted molar refractivity (Wildman–Crippen MR) is 56.9 cm³/mol. The second-order valence-electron chi connectivity index (χ2n) is 1.80. The van der Waals surface area contributed by atoms with Gasteiger partial charge in [0.15, 0.2) is 0 Å². The number of hydrogen-bond acceptors (Lipinski definition) is 1. The Morgan fingerprint density at radius 1 is 1.30 bits per heavy atom. The van der Waals surface area contributed by atoms with E-state index in [1.54, 1.807) is 17.0 Å². The smallest absolute Gasteiger partial charge is 0.208 e. The number of nitrogens with zero attached hydrogens (tertiary/aromatic N) is 1. The molecule has 0 fully saturated rings. The van der Waals surface area contributed by atoms with Crippen molar-refractivity contribution in [2.75, 3.05) is 0 Å². The summed E-state index contributed by atoms with van der Waals surface area (Å²) in [6.07, 6.45) is 3.40. The van der Waals surface area contributed by atoms with Gasteiger partial charge >= 0.3 is 0 Å². The molecule has 0 aliphatic carbocycles. The minimum absolute atomic E-state index is 0.0844. The molecule has 10 heavy (non-hydrogen) atoms. The average Bonchev–Trinajstić information content (AvgIpc) is 1.82. The summed E-state index contributed by atoms with van der Waals surface area (Å²) >= 11 is 3.99. The van der Waals surface area contributed by atoms with Gasteiger partial charge in [-0.2, -0.15) is 0 Å². The Morgan fingerprint density at radius 3 is 2.10 bits per heavy atom. The SMILES string of the molecule is [CH2]n1cc(I)c(=O)c(I)c1. The fraction of sp³-hybridized carbons (Fsp3) is 0. The van der Waals surface area contributed by atoms with Crippen molar-refractivity contribution in [1.82, 2.24) is 4.57 Å². The van der Waals surface area contributed by atoms with Gasteiger partial charge in [-0.3, -0.25) is 4.79 Å². The average molecular weight is 360 g/mol. The van der Waals surface area contributed by atoms with Crippen LogP contribution < -0.4 is 5.43 Å². The van der Waals surface area contributed by atoms with E-state index in [0.717, 1.165) is 0 Å². The van der Waals surface area contributed by atoms with Crippen LogP contribution >= 0.6 is 45.2 Å². The molecule has 0 amide bonds. The minimum Gasteiger partial charge on any atom is -0.350 e. The first-order valence-corrected chi connectivity index (χ1v) is 4.65. The second kappa shape index (κ2) is 3.21. The lowest BCUT2D eigenvalue weighted by Gasteiger charge is -1.97. The zero-order valence-electron chi connectivity index (χ0n) is 4.97. The van der Waals surface area contributed by atoms with Gasteiger partial charge in [-0.25, -0.2) is 0 Å². The van der Waals surface area contributed by atoms with Gasteiger partial charge in [-0.15, -0.1) is 0 Å². The van der Waals surface area contributed by atoms with Crippen molar-refractivity contribution in [2.45, 2.75) is 0 Å². The molecule has 0 bridgehead atoms. The maximum Gasteiger partial charge on any atom is 0.208 e. The van der Waals surface area contributed by atoms with Gasteiger partial charge in [-0.1, -0.05) is 0 Å². The number of aromatic nitrogens is 1. The summed E-state index contributed by atoms with van der Waals surface area (Å²) in [6.45, 7) is 0. The number of halogens is 2. The summed E-state index contributed by atoms with van der Waals surface area (Å²) in [5, 5.41) is 0. The molecule has 2 nitrogen and oxygen atoms in total. The normalized spacial score (nSPS) is 9.90. The Kier molecular flexibility index (Phi) is 2.73. The molecule has 1 aromatic rings. The first-order valence-electron chi connectivity index (χ1n) is 2.49. The van der Waals surface area contributed by atoms with E-state index in [4.69, 9.17) is 0 Å². The van der Waals surface area contributed by atoms with Gasteiger partial charge in [0.2, 0.25) is 5.43 Å². The molecule has 0 N–H and O–H groups in total. The van der Waals surface area contributed by atoms with E-state index >= 15 is 0 Å². The Balaban J connectivity index is 3.46. The van der Waals surface area contributed by atoms with Crippen LogP contribution in [0.15, 0.2) is 17.2 Å². The highest BCUT2D eigenvalue weighted by atomic mass is 127. The van der Waals surface area contributed by atoms with Crippen molar-refractivity contribution >= 4 is 45.2 Å². The Labute approximate surface area is 85.9 Å². The van der Waals surface area contributed by atoms with Crippen molar-refractivity contribution < 1.29 is 0 Å². The van der Waals surface area contributed by atoms with Crippen molar-refractivity contribution in [2.24, 2.45) is 0 Å². The Morgan fingerprint density at radius 2 is 1.70 bits per heavy atom. The van der Waals surface area contributed by atoms with E-state index in [2.05, 4.69) is 7.05 Å². The Bertz CT molecular complexity index is 279. The van der Waals surface area contributed by atoms with E-state index in [1.807, 2.05) is 45.2 Å². The Hall–Kier alpha value is 0.410. The third-order valence-electron chi connectivity index (χ3n) is 0.992. The van der Waals surface area contributed by atoms with Crippen LogP contribution in [0.2, 0.25) is 0 Å². The zero-order chi connectivity index (χ0) is 7.72. The lowest BCUT2D eigenvalue weighted by atomic mass is 10.5. The molecule has 0 atom stereocenters. The van der Waals surface area contributed by atoms with Gasteiger partial charge in [0.1, 0.15) is 0 Å². The molecule has 1 heterocycles. The maximum atomic E-state index is 11.1. The summed E-state index contributed by atoms with van der Waals surface area (Å²) in [5.41, 5.74) is 0.0844. The number of hydrogen-bond donors (Lipinski definition) is 0. The van der Waals surface area contributed by atoms with Crippen LogP contribution in [0.3, 0.4) is 0 Å². The molecule has 0 saturated heterocycles. The molecule has 1 rings (SSSR count). The fourth-order valence-corrected chi connectivity index (χ4v) is 2.37. The first-order chi connectivity index (χ1) is 4.61. The van der Waals surface area contributed by atoms with Gasteiger partial charge in [0, 0.05) is 19.4 Å². The van der Waals surface area contributed by atoms with Crippen molar-refractivity contribution in [1.29, 1.82) is 0 Å². The molecule has 0 spiro atoms. The zero-order valence-corrected chi connectivity index (χ0v) is 9.29. The molecule has 1 radical (unpaired) electrons. The van der Waals surface area contributed by atoms with Crippen LogP contribution in [0.25, 0.3) is 0 Å². The lowest BCUT2D eigenvalue weighted by molar-refractivity contribution is 1.02. The van der Waals surface area contributed by atoms with Crippen molar-refractivity contribution in [3.8, 4) is 0 Å². The molecule has 0 saturated carbocycles. The second-order valence-corrected chi connectivity index (χ2v) is 4.12. The van der Waals surface area contributed by atoms with E-state index < -0.39 is 0 Å². The number of rotatable bonds is 0. The van der Waals surface area contributed by atoms with Crippen LogP contribution in [0.1, 0.15) is 0 Å². The predicted octanol–water partition coefficient (Wildman–Crippen LogP) is 1.70. The third kappa shape index (κ3) is 1.71. The van der Waals surface area contributed by atoms with E-state index in [0.29, 0.717) is 7.14 Å². The standard InChI is InChI=1S/C6H4I2NO/c1-9-2-4(7)6(10)5(8)3-9/h2-3H,1H2. The lowest BCUT2D eigenvalue weighted by Crippen LogP contribution is -2.11. The van der Waals surface area contributed by atoms with Gasteiger partial charge in [-0.05, 0) is 45.2 Å². The molecule has 0 aromatic carbocycles. The highest BCUT2D eigenvalue weighted by molar-refractivity contribution is 14.1. The molecule has 0 unspecified atom stereocenters. The first kappa shape index (κ1) is 8.51. The van der Waals surface area contributed by atoms with Gasteiger partial charge < -0.3 is 4.57 Å². The quantitative estimate of drug-likeness (QED) is 0.646. The topological polar surface area (TPSA) is 22.0 Å². The fourth-order valence-electron chi connectivity index (χ4n) is 0.560. The van der Waals surface area contributed by atoms with E-state index in [9.17, 15) is 4.79 Å². The van der Waals surface area contributed by atoms with Crippen molar-refractivity contribution in [3.63, 3.8) is 0 Å². The monoisotopic (exact) mass is 360 g/mol. The van der Waals surface area contributed by atoms with Crippen LogP contribution in [0.5, 0.6) is 0 Å². The molecule has 0 aliphatic heterocycles. The summed E-state index contributed by atoms with van der Waals surface area (Å²) in [5.74, 6) is 0. The molecule has 0 aliphatic rings. The highest BCUT2D eigenvalue weighted by Gasteiger charge is 1.98. The largest absolute Gasteiger partial charge is 0.350 e. The highest BCUT2D eigenvalue weighted by Crippen LogP contribution is 2.02. The maximum absolute atomic E-state index is 11.1. The number of pyridine rings is 1. The molecule has 53 valence electrons. The van der Waals surface area contributed by atoms with Crippen LogP contribution in [0, 0.1) is 14.2 Å². The molecular formula is C6H4I2NO. The summed E-state index contributed by atoms with van der Waals surface area (Å²) in [7, 11) is 3.65. The molecular weight excluding hydrogens is 356 g/mol. The molecule has 1 aromatic heterocycles. The van der Waals surface area contributed by atoms with Gasteiger partial charge in [0.05, 0.1) is 7.14 Å². The van der Waals surface area contributed by atoms with Gasteiger partial charge in [0.25, 0.3) is 0 Å². The summed E-state index contributed by atoms with van der Waals surface area (Å²) in [6, 6.07) is 0. The van der Waals surface area contributed by atoms with Crippen molar-refractivity contribution in [3.05, 3.63) is 36.8 Å². The minimum atomic E-state index is 0.0844. The molecule has 4 heteroatoms. The summed E-state index contributed by atoms with van der Waals surface area (Å²) in [4.78, 5) is 11.1. The van der Waals surface area contributed by atoms with E-state index in [1.165, 1.54) is 0 Å². The van der Waals surface area contributed by atoms with Crippen LogP contribution in [-0.2, 0) is 0 Å². The third-order valence-corrected chi connectivity index (χ3v) is 2.53. The van der Waals surface area contributed by atoms with Crippen LogP contribution in [-0.4, -0.2) is 4.57 Å². The summed E-state index contributed by atoms with van der Waals surface area (Å²) < 4.78 is 3.05. The van der Waals surface area contributed by atoms with E-state index in [-0.39, 0.29) is 5.43 Å².